The van der Waals surface area contributed by atoms with E-state index in [-0.39, 0.29) is 36.3 Å². The summed E-state index contributed by atoms with van der Waals surface area (Å²) in [6, 6.07) is 20.8. The molecule has 2 atom stereocenters. The topological polar surface area (TPSA) is 50.4 Å². The summed E-state index contributed by atoms with van der Waals surface area (Å²) in [5.41, 5.74) is 2.42. The van der Waals surface area contributed by atoms with Crippen molar-refractivity contribution in [3.05, 3.63) is 71.8 Å². The minimum absolute atomic E-state index is 0. The number of benzene rings is 2. The number of carbonyl (C=O) groups excluding carboxylic acids is 1. The second-order valence-electron chi connectivity index (χ2n) is 6.59. The van der Waals surface area contributed by atoms with Crippen LogP contribution < -0.4 is 10.6 Å². The van der Waals surface area contributed by atoms with E-state index in [1.54, 1.807) is 0 Å². The maximum absolute atomic E-state index is 12.5. The van der Waals surface area contributed by atoms with Gasteiger partial charge in [-0.2, -0.15) is 0 Å². The van der Waals surface area contributed by atoms with Gasteiger partial charge in [0.2, 0.25) is 5.91 Å². The molecule has 1 aliphatic rings. The summed E-state index contributed by atoms with van der Waals surface area (Å²) >= 11 is 0. The van der Waals surface area contributed by atoms with E-state index in [2.05, 4.69) is 41.8 Å². The van der Waals surface area contributed by atoms with E-state index in [4.69, 9.17) is 4.74 Å². The zero-order valence-electron chi connectivity index (χ0n) is 15.1. The van der Waals surface area contributed by atoms with Gasteiger partial charge < -0.3 is 15.4 Å². The summed E-state index contributed by atoms with van der Waals surface area (Å²) in [6.45, 7) is 4.21. The fraction of sp³-hybridized carbons (Fsp3) is 0.381. The Morgan fingerprint density at radius 1 is 1.12 bits per heavy atom. The largest absolute Gasteiger partial charge is 0.378 e. The molecule has 1 amide bonds. The Hall–Kier alpha value is -1.88. The van der Waals surface area contributed by atoms with Crippen molar-refractivity contribution in [2.75, 3.05) is 19.8 Å². The average molecular weight is 375 g/mol. The summed E-state index contributed by atoms with van der Waals surface area (Å²) in [6.07, 6.45) is 0.445. The minimum atomic E-state index is 0. The number of halogens is 1. The van der Waals surface area contributed by atoms with Gasteiger partial charge in [0.15, 0.2) is 0 Å². The van der Waals surface area contributed by atoms with Crippen molar-refractivity contribution in [2.24, 2.45) is 0 Å². The third-order valence-corrected chi connectivity index (χ3v) is 4.64. The number of amides is 1. The first kappa shape index (κ1) is 20.4. The number of hydrogen-bond donors (Lipinski definition) is 2. The smallest absolute Gasteiger partial charge is 0.221 e. The summed E-state index contributed by atoms with van der Waals surface area (Å²) in [7, 11) is 0. The number of hydrogen-bond acceptors (Lipinski definition) is 3. The molecule has 4 nitrogen and oxygen atoms in total. The van der Waals surface area contributed by atoms with Crippen molar-refractivity contribution < 1.29 is 9.53 Å². The number of rotatable bonds is 6. The quantitative estimate of drug-likeness (QED) is 0.816. The van der Waals surface area contributed by atoms with Crippen molar-refractivity contribution in [1.82, 2.24) is 10.6 Å². The fourth-order valence-electron chi connectivity index (χ4n) is 3.46. The maximum atomic E-state index is 12.5. The van der Waals surface area contributed by atoms with Crippen LogP contribution in [0.2, 0.25) is 0 Å². The molecular formula is C21H27ClN2O2. The van der Waals surface area contributed by atoms with Crippen LogP contribution in [-0.4, -0.2) is 37.7 Å². The van der Waals surface area contributed by atoms with Crippen molar-refractivity contribution in [1.29, 1.82) is 0 Å². The number of ether oxygens (including phenoxy) is 1. The van der Waals surface area contributed by atoms with E-state index < -0.39 is 0 Å². The molecule has 1 fully saturated rings. The van der Waals surface area contributed by atoms with Crippen LogP contribution in [0.3, 0.4) is 0 Å². The Balaban J connectivity index is 0.00000243. The monoisotopic (exact) mass is 374 g/mol. The van der Waals surface area contributed by atoms with Gasteiger partial charge in [0.05, 0.1) is 13.2 Å². The predicted molar refractivity (Wildman–Crippen MR) is 107 cm³/mol. The number of carbonyl (C=O) groups is 1. The van der Waals surface area contributed by atoms with Crippen LogP contribution in [0.25, 0.3) is 0 Å². The molecule has 26 heavy (non-hydrogen) atoms. The minimum Gasteiger partial charge on any atom is -0.378 e. The number of morpholine rings is 1. The van der Waals surface area contributed by atoms with Crippen LogP contribution in [0, 0.1) is 0 Å². The van der Waals surface area contributed by atoms with E-state index in [1.807, 2.05) is 36.4 Å². The molecule has 0 bridgehead atoms. The SMILES string of the molecule is CC(NC(=O)CC1COCCN1)C(c1ccccc1)c1ccccc1.Cl. The predicted octanol–water partition coefficient (Wildman–Crippen LogP) is 3.12. The third kappa shape index (κ3) is 5.56. The van der Waals surface area contributed by atoms with Crippen molar-refractivity contribution in [3.63, 3.8) is 0 Å². The third-order valence-electron chi connectivity index (χ3n) is 4.64. The first-order chi connectivity index (χ1) is 12.2. The summed E-state index contributed by atoms with van der Waals surface area (Å²) < 4.78 is 5.43. The van der Waals surface area contributed by atoms with E-state index in [0.29, 0.717) is 13.0 Å². The molecule has 3 rings (SSSR count). The summed E-state index contributed by atoms with van der Waals surface area (Å²) in [4.78, 5) is 12.5. The highest BCUT2D eigenvalue weighted by Crippen LogP contribution is 2.28. The molecule has 2 aromatic carbocycles. The molecule has 0 radical (unpaired) electrons. The standard InChI is InChI=1S/C21H26N2O2.ClH/c1-16(23-20(24)14-19-15-25-13-12-22-19)21(17-8-4-2-5-9-17)18-10-6-3-7-11-18;/h2-11,16,19,21-22H,12-15H2,1H3,(H,23,24);1H. The average Bonchev–Trinajstić information content (AvgIpc) is 2.64. The Labute approximate surface area is 161 Å². The van der Waals surface area contributed by atoms with Crippen molar-refractivity contribution in [2.45, 2.75) is 31.3 Å². The van der Waals surface area contributed by atoms with E-state index in [9.17, 15) is 4.79 Å². The second kappa shape index (κ2) is 10.3. The second-order valence-corrected chi connectivity index (χ2v) is 6.59. The van der Waals surface area contributed by atoms with Crippen LogP contribution in [0.1, 0.15) is 30.4 Å². The molecule has 0 aromatic heterocycles. The molecule has 1 saturated heterocycles. The molecule has 1 aliphatic heterocycles. The summed E-state index contributed by atoms with van der Waals surface area (Å²) in [5, 5.41) is 6.52. The molecular weight excluding hydrogens is 348 g/mol. The van der Waals surface area contributed by atoms with Gasteiger partial charge >= 0.3 is 0 Å². The Kier molecular flexibility index (Phi) is 8.10. The normalized spacial score (nSPS) is 18.0. The van der Waals surface area contributed by atoms with Gasteiger partial charge in [-0.1, -0.05) is 60.7 Å². The summed E-state index contributed by atoms with van der Waals surface area (Å²) in [5.74, 6) is 0.189. The van der Waals surface area contributed by atoms with E-state index >= 15 is 0 Å². The molecule has 2 aromatic rings. The van der Waals surface area contributed by atoms with Crippen molar-refractivity contribution >= 4 is 18.3 Å². The van der Waals surface area contributed by atoms with Crippen LogP contribution in [-0.2, 0) is 9.53 Å². The maximum Gasteiger partial charge on any atom is 0.221 e. The molecule has 5 heteroatoms. The zero-order valence-corrected chi connectivity index (χ0v) is 15.9. The van der Waals surface area contributed by atoms with Crippen molar-refractivity contribution in [3.8, 4) is 0 Å². The first-order valence-corrected chi connectivity index (χ1v) is 8.94. The molecule has 2 unspecified atom stereocenters. The lowest BCUT2D eigenvalue weighted by molar-refractivity contribution is -0.123. The zero-order chi connectivity index (χ0) is 17.5. The van der Waals surface area contributed by atoms with E-state index in [1.165, 1.54) is 11.1 Å². The lowest BCUT2D eigenvalue weighted by Gasteiger charge is -2.28. The fourth-order valence-corrected chi connectivity index (χ4v) is 3.46. The van der Waals surface area contributed by atoms with Crippen LogP contribution >= 0.6 is 12.4 Å². The highest BCUT2D eigenvalue weighted by Gasteiger charge is 2.24. The number of nitrogens with one attached hydrogen (secondary N) is 2. The highest BCUT2D eigenvalue weighted by atomic mass is 35.5. The van der Waals surface area contributed by atoms with E-state index in [0.717, 1.165) is 13.2 Å². The van der Waals surface area contributed by atoms with Gasteiger partial charge in [0, 0.05) is 31.0 Å². The van der Waals surface area contributed by atoms with Gasteiger partial charge in [-0.05, 0) is 18.1 Å². The molecule has 2 N–H and O–H groups in total. The molecule has 140 valence electrons. The van der Waals surface area contributed by atoms with Gasteiger partial charge in [-0.15, -0.1) is 12.4 Å². The van der Waals surface area contributed by atoms with Crippen LogP contribution in [0.15, 0.2) is 60.7 Å². The van der Waals surface area contributed by atoms with Gasteiger partial charge in [0.1, 0.15) is 0 Å². The lowest BCUT2D eigenvalue weighted by atomic mass is 9.85. The van der Waals surface area contributed by atoms with Crippen LogP contribution in [0.5, 0.6) is 0 Å². The molecule has 1 heterocycles. The van der Waals surface area contributed by atoms with Gasteiger partial charge in [0.25, 0.3) is 0 Å². The van der Waals surface area contributed by atoms with Gasteiger partial charge in [-0.3, -0.25) is 4.79 Å². The molecule has 0 spiro atoms. The Bertz CT molecular complexity index is 621. The lowest BCUT2D eigenvalue weighted by Crippen LogP contribution is -2.46. The van der Waals surface area contributed by atoms with Gasteiger partial charge in [-0.25, -0.2) is 0 Å². The Morgan fingerprint density at radius 3 is 2.19 bits per heavy atom. The first-order valence-electron chi connectivity index (χ1n) is 8.94. The molecule has 0 saturated carbocycles. The highest BCUT2D eigenvalue weighted by molar-refractivity contribution is 5.85. The molecule has 0 aliphatic carbocycles. The van der Waals surface area contributed by atoms with Crippen LogP contribution in [0.4, 0.5) is 0 Å². The Morgan fingerprint density at radius 2 is 1.69 bits per heavy atom.